The van der Waals surface area contributed by atoms with Gasteiger partial charge in [0.05, 0.1) is 22.4 Å². The number of aromatic nitrogens is 4. The molecule has 0 unspecified atom stereocenters. The molecule has 2 aromatic heterocycles. The van der Waals surface area contributed by atoms with Gasteiger partial charge in [0.2, 0.25) is 0 Å². The predicted molar refractivity (Wildman–Crippen MR) is 121 cm³/mol. The standard InChI is InChI=1S/C22H23Cl2FN6O/c1-12(19-14(23)4-5-15(25)20(19)24)31-10-2-3-16-18(31)11-17(29-28-16)22-27-21(30-32-22)13-6-8-26-9-7-13/h4-5,11-13,26H,2-3,6-10H2,1H3/t12-/m1/s1. The second kappa shape index (κ2) is 8.92. The second-order valence-corrected chi connectivity index (χ2v) is 9.06. The van der Waals surface area contributed by atoms with Gasteiger partial charge in [0.1, 0.15) is 5.82 Å². The fourth-order valence-electron chi connectivity index (χ4n) is 4.54. The van der Waals surface area contributed by atoms with Crippen LogP contribution in [-0.4, -0.2) is 40.0 Å². The zero-order chi connectivity index (χ0) is 22.2. The van der Waals surface area contributed by atoms with E-state index in [1.165, 1.54) is 12.1 Å². The molecular formula is C22H23Cl2FN6O. The third-order valence-electron chi connectivity index (χ3n) is 6.30. The monoisotopic (exact) mass is 476 g/mol. The zero-order valence-corrected chi connectivity index (χ0v) is 19.1. The van der Waals surface area contributed by atoms with Crippen LogP contribution in [0.1, 0.15) is 55.2 Å². The van der Waals surface area contributed by atoms with Crippen molar-refractivity contribution in [2.45, 2.75) is 44.6 Å². The molecule has 10 heteroatoms. The van der Waals surface area contributed by atoms with Crippen molar-refractivity contribution in [1.82, 2.24) is 25.7 Å². The van der Waals surface area contributed by atoms with Gasteiger partial charge in [0, 0.05) is 23.0 Å². The molecule has 0 saturated carbocycles. The quantitative estimate of drug-likeness (QED) is 0.533. The highest BCUT2D eigenvalue weighted by Gasteiger charge is 2.29. The van der Waals surface area contributed by atoms with Crippen LogP contribution in [0.15, 0.2) is 22.7 Å². The summed E-state index contributed by atoms with van der Waals surface area (Å²) in [5, 5.41) is 16.8. The summed E-state index contributed by atoms with van der Waals surface area (Å²) < 4.78 is 19.7. The van der Waals surface area contributed by atoms with E-state index in [9.17, 15) is 4.39 Å². The maximum atomic E-state index is 14.2. The first-order chi connectivity index (χ1) is 15.5. The molecule has 7 nitrogen and oxygen atoms in total. The SMILES string of the molecule is C[C@H](c1c(Cl)ccc(F)c1Cl)N1CCCc2nnc(-c3nc(C4CCNCC4)no3)cc21. The van der Waals surface area contributed by atoms with Crippen molar-refractivity contribution in [3.05, 3.63) is 51.1 Å². The minimum Gasteiger partial charge on any atom is -0.363 e. The molecule has 0 aliphatic carbocycles. The largest absolute Gasteiger partial charge is 0.363 e. The van der Waals surface area contributed by atoms with Gasteiger partial charge in [0.15, 0.2) is 11.5 Å². The third-order valence-corrected chi connectivity index (χ3v) is 7.01. The normalized spacial score (nSPS) is 17.9. The summed E-state index contributed by atoms with van der Waals surface area (Å²) in [7, 11) is 0. The van der Waals surface area contributed by atoms with Crippen LogP contribution in [-0.2, 0) is 6.42 Å². The number of benzene rings is 1. The van der Waals surface area contributed by atoms with Gasteiger partial charge in [-0.15, -0.1) is 5.10 Å². The predicted octanol–water partition coefficient (Wildman–Crippen LogP) is 4.95. The third kappa shape index (κ3) is 3.95. The number of aryl methyl sites for hydroxylation is 1. The molecule has 1 fully saturated rings. The van der Waals surface area contributed by atoms with Crippen LogP contribution in [0, 0.1) is 5.82 Å². The fraction of sp³-hybridized carbons (Fsp3) is 0.455. The van der Waals surface area contributed by atoms with E-state index in [0.717, 1.165) is 56.7 Å². The first-order valence-corrected chi connectivity index (χ1v) is 11.6. The highest BCUT2D eigenvalue weighted by Crippen LogP contribution is 2.40. The van der Waals surface area contributed by atoms with Crippen molar-refractivity contribution < 1.29 is 8.91 Å². The maximum absolute atomic E-state index is 14.2. The van der Waals surface area contributed by atoms with Gasteiger partial charge in [-0.2, -0.15) is 10.1 Å². The molecule has 2 aliphatic rings. The number of hydrogen-bond donors (Lipinski definition) is 1. The van der Waals surface area contributed by atoms with E-state index in [-0.39, 0.29) is 17.0 Å². The summed E-state index contributed by atoms with van der Waals surface area (Å²) in [6.45, 7) is 4.62. The van der Waals surface area contributed by atoms with Crippen LogP contribution in [0.25, 0.3) is 11.6 Å². The van der Waals surface area contributed by atoms with Crippen molar-refractivity contribution in [1.29, 1.82) is 0 Å². The van der Waals surface area contributed by atoms with Crippen LogP contribution in [0.3, 0.4) is 0 Å². The summed E-state index contributed by atoms with van der Waals surface area (Å²) in [6, 6.07) is 4.48. The molecular weight excluding hydrogens is 454 g/mol. The number of halogens is 3. The molecule has 32 heavy (non-hydrogen) atoms. The molecule has 0 amide bonds. The van der Waals surface area contributed by atoms with Gasteiger partial charge < -0.3 is 14.7 Å². The molecule has 0 radical (unpaired) electrons. The van der Waals surface area contributed by atoms with Gasteiger partial charge in [0.25, 0.3) is 5.89 Å². The van der Waals surface area contributed by atoms with E-state index in [1.807, 2.05) is 13.0 Å². The van der Waals surface area contributed by atoms with E-state index in [1.54, 1.807) is 0 Å². The van der Waals surface area contributed by atoms with E-state index in [0.29, 0.717) is 28.0 Å². The van der Waals surface area contributed by atoms with Gasteiger partial charge in [-0.05, 0) is 63.9 Å². The van der Waals surface area contributed by atoms with E-state index in [4.69, 9.17) is 27.7 Å². The highest BCUT2D eigenvalue weighted by atomic mass is 35.5. The number of hydrogen-bond acceptors (Lipinski definition) is 7. The lowest BCUT2D eigenvalue weighted by molar-refractivity contribution is 0.391. The smallest absolute Gasteiger partial charge is 0.278 e. The Morgan fingerprint density at radius 2 is 2.03 bits per heavy atom. The molecule has 1 N–H and O–H groups in total. The molecule has 0 bridgehead atoms. The van der Waals surface area contributed by atoms with Gasteiger partial charge >= 0.3 is 0 Å². The lowest BCUT2D eigenvalue weighted by atomic mass is 9.98. The maximum Gasteiger partial charge on any atom is 0.278 e. The Morgan fingerprint density at radius 3 is 2.84 bits per heavy atom. The molecule has 3 aromatic rings. The molecule has 5 rings (SSSR count). The Hall–Kier alpha value is -2.29. The van der Waals surface area contributed by atoms with E-state index in [2.05, 4.69) is 30.6 Å². The molecule has 1 saturated heterocycles. The average molecular weight is 477 g/mol. The molecule has 4 heterocycles. The first kappa shape index (κ1) is 21.6. The summed E-state index contributed by atoms with van der Waals surface area (Å²) in [5.41, 5.74) is 2.85. The van der Waals surface area contributed by atoms with Crippen molar-refractivity contribution >= 4 is 28.9 Å². The lowest BCUT2D eigenvalue weighted by Crippen LogP contribution is -2.33. The number of nitrogens with one attached hydrogen (secondary N) is 1. The van der Waals surface area contributed by atoms with Gasteiger partial charge in [-0.25, -0.2) is 4.39 Å². The Morgan fingerprint density at radius 1 is 1.22 bits per heavy atom. The first-order valence-electron chi connectivity index (χ1n) is 10.8. The summed E-state index contributed by atoms with van der Waals surface area (Å²) in [4.78, 5) is 6.74. The zero-order valence-electron chi connectivity index (χ0n) is 17.6. The van der Waals surface area contributed by atoms with Gasteiger partial charge in [-0.1, -0.05) is 28.4 Å². The minimum absolute atomic E-state index is 0.0443. The lowest BCUT2D eigenvalue weighted by Gasteiger charge is -2.36. The highest BCUT2D eigenvalue weighted by molar-refractivity contribution is 6.36. The van der Waals surface area contributed by atoms with E-state index >= 15 is 0 Å². The fourth-order valence-corrected chi connectivity index (χ4v) is 5.23. The molecule has 1 atom stereocenters. The summed E-state index contributed by atoms with van der Waals surface area (Å²) >= 11 is 12.7. The Bertz CT molecular complexity index is 1130. The van der Waals surface area contributed by atoms with E-state index < -0.39 is 5.82 Å². The van der Waals surface area contributed by atoms with Crippen LogP contribution >= 0.6 is 23.2 Å². The van der Waals surface area contributed by atoms with Gasteiger partial charge in [-0.3, -0.25) is 0 Å². The van der Waals surface area contributed by atoms with Crippen molar-refractivity contribution in [2.24, 2.45) is 0 Å². The Labute approximate surface area is 195 Å². The van der Waals surface area contributed by atoms with Crippen molar-refractivity contribution in [3.63, 3.8) is 0 Å². The number of fused-ring (bicyclic) bond motifs is 1. The average Bonchev–Trinajstić information content (AvgIpc) is 3.32. The number of piperidine rings is 1. The number of nitrogens with zero attached hydrogens (tertiary/aromatic N) is 5. The minimum atomic E-state index is -0.486. The van der Waals surface area contributed by atoms with Crippen LogP contribution < -0.4 is 10.2 Å². The van der Waals surface area contributed by atoms with Crippen molar-refractivity contribution in [2.75, 3.05) is 24.5 Å². The molecule has 0 spiro atoms. The second-order valence-electron chi connectivity index (χ2n) is 8.27. The van der Waals surface area contributed by atoms with Crippen LogP contribution in [0.2, 0.25) is 10.0 Å². The Balaban J connectivity index is 1.48. The van der Waals surface area contributed by atoms with Crippen LogP contribution in [0.5, 0.6) is 0 Å². The topological polar surface area (TPSA) is 80.0 Å². The number of rotatable bonds is 4. The summed E-state index contributed by atoms with van der Waals surface area (Å²) in [6.07, 6.45) is 3.67. The van der Waals surface area contributed by atoms with Crippen molar-refractivity contribution in [3.8, 4) is 11.6 Å². The molecule has 2 aliphatic heterocycles. The Kier molecular flexibility index (Phi) is 6.01. The summed E-state index contributed by atoms with van der Waals surface area (Å²) in [5.74, 6) is 0.867. The molecule has 1 aromatic carbocycles. The van der Waals surface area contributed by atoms with Crippen LogP contribution in [0.4, 0.5) is 10.1 Å². The molecule has 168 valence electrons. The number of anilines is 1.